The molecule has 0 radical (unpaired) electrons. The zero-order valence-corrected chi connectivity index (χ0v) is 7.64. The van der Waals surface area contributed by atoms with E-state index in [2.05, 4.69) is 11.9 Å². The molecular weight excluding hydrogens is 178 g/mol. The molecule has 2 atom stereocenters. The molecule has 0 bridgehead atoms. The van der Waals surface area contributed by atoms with Crippen molar-refractivity contribution in [3.05, 3.63) is 48.6 Å². The number of alkyl carbamates (subject to hydrolysis) is 1. The lowest BCUT2D eigenvalue weighted by molar-refractivity contribution is 0.153. The second-order valence-electron chi connectivity index (χ2n) is 3.14. The minimum absolute atomic E-state index is 0.110. The van der Waals surface area contributed by atoms with Gasteiger partial charge in [-0.25, -0.2) is 4.79 Å². The summed E-state index contributed by atoms with van der Waals surface area (Å²) < 4.78 is 5.01. The Balaban J connectivity index is 2.26. The Labute approximate surface area is 82.4 Å². The molecule has 3 heteroatoms. The van der Waals surface area contributed by atoms with Crippen LogP contribution in [0, 0.1) is 0 Å². The molecule has 1 heterocycles. The topological polar surface area (TPSA) is 38.3 Å². The summed E-state index contributed by atoms with van der Waals surface area (Å²) >= 11 is 0. The van der Waals surface area contributed by atoms with E-state index in [4.69, 9.17) is 4.74 Å². The van der Waals surface area contributed by atoms with Crippen LogP contribution >= 0.6 is 0 Å². The molecule has 1 aliphatic rings. The Hall–Kier alpha value is -1.77. The summed E-state index contributed by atoms with van der Waals surface area (Å²) in [6.07, 6.45) is 0.976. The van der Waals surface area contributed by atoms with E-state index < -0.39 is 0 Å². The molecule has 0 unspecified atom stereocenters. The van der Waals surface area contributed by atoms with E-state index in [9.17, 15) is 4.79 Å². The van der Waals surface area contributed by atoms with Crippen molar-refractivity contribution in [2.45, 2.75) is 12.1 Å². The van der Waals surface area contributed by atoms with Gasteiger partial charge in [0.15, 0.2) is 0 Å². The van der Waals surface area contributed by atoms with E-state index in [0.717, 1.165) is 5.56 Å². The van der Waals surface area contributed by atoms with Crippen molar-refractivity contribution in [3.63, 3.8) is 0 Å². The molecule has 1 aromatic rings. The van der Waals surface area contributed by atoms with Gasteiger partial charge in [0.2, 0.25) is 0 Å². The van der Waals surface area contributed by atoms with Crippen molar-refractivity contribution in [2.24, 2.45) is 0 Å². The van der Waals surface area contributed by atoms with Gasteiger partial charge >= 0.3 is 6.09 Å². The van der Waals surface area contributed by atoms with Gasteiger partial charge in [-0.15, -0.1) is 0 Å². The standard InChI is InChI=1S/C11H11NO2/c1-2-9-10(12-11(13)14-9)8-6-4-3-5-7-8/h2-7,9-10H,1H2,(H,12,13)/t9-,10-/m0/s1. The summed E-state index contributed by atoms with van der Waals surface area (Å²) in [5.41, 5.74) is 1.03. The first-order valence-corrected chi connectivity index (χ1v) is 4.46. The van der Waals surface area contributed by atoms with Gasteiger partial charge in [0, 0.05) is 0 Å². The van der Waals surface area contributed by atoms with E-state index in [1.54, 1.807) is 6.08 Å². The highest BCUT2D eigenvalue weighted by Crippen LogP contribution is 2.24. The molecule has 0 aromatic heterocycles. The normalized spacial score (nSPS) is 25.3. The molecule has 0 spiro atoms. The number of ether oxygens (including phenoxy) is 1. The zero-order valence-electron chi connectivity index (χ0n) is 7.64. The number of benzene rings is 1. The molecule has 1 aliphatic heterocycles. The molecule has 1 fully saturated rings. The lowest BCUT2D eigenvalue weighted by Crippen LogP contribution is -2.21. The number of carbonyl (C=O) groups excluding carboxylic acids is 1. The number of cyclic esters (lactones) is 1. The average Bonchev–Trinajstić information content (AvgIpc) is 2.61. The molecule has 14 heavy (non-hydrogen) atoms. The molecule has 2 rings (SSSR count). The predicted octanol–water partition coefficient (Wildman–Crippen LogP) is 2.02. The lowest BCUT2D eigenvalue weighted by Gasteiger charge is -2.12. The maximum atomic E-state index is 11.0. The zero-order chi connectivity index (χ0) is 9.97. The molecule has 0 aliphatic carbocycles. The van der Waals surface area contributed by atoms with Crippen molar-refractivity contribution in [1.82, 2.24) is 5.32 Å². The van der Waals surface area contributed by atoms with Gasteiger partial charge in [-0.2, -0.15) is 0 Å². The van der Waals surface area contributed by atoms with Crippen LogP contribution in [-0.2, 0) is 4.74 Å². The van der Waals surface area contributed by atoms with Crippen LogP contribution in [0.1, 0.15) is 11.6 Å². The fourth-order valence-corrected chi connectivity index (χ4v) is 1.55. The maximum absolute atomic E-state index is 11.0. The summed E-state index contributed by atoms with van der Waals surface area (Å²) in [6, 6.07) is 9.59. The summed E-state index contributed by atoms with van der Waals surface area (Å²) in [7, 11) is 0. The number of amides is 1. The van der Waals surface area contributed by atoms with Gasteiger partial charge in [0.05, 0.1) is 6.04 Å². The quantitative estimate of drug-likeness (QED) is 0.723. The van der Waals surface area contributed by atoms with Crippen LogP contribution in [0.25, 0.3) is 0 Å². The second-order valence-corrected chi connectivity index (χ2v) is 3.14. The fourth-order valence-electron chi connectivity index (χ4n) is 1.55. The largest absolute Gasteiger partial charge is 0.439 e. The number of hydrogen-bond donors (Lipinski definition) is 1. The lowest BCUT2D eigenvalue weighted by atomic mass is 10.0. The molecule has 1 N–H and O–H groups in total. The molecule has 0 saturated carbocycles. The smallest absolute Gasteiger partial charge is 0.408 e. The van der Waals surface area contributed by atoms with Crippen LogP contribution in [0.2, 0.25) is 0 Å². The molecule has 72 valence electrons. The number of hydrogen-bond acceptors (Lipinski definition) is 2. The molecule has 1 amide bonds. The van der Waals surface area contributed by atoms with E-state index in [-0.39, 0.29) is 18.2 Å². The van der Waals surface area contributed by atoms with Crippen LogP contribution in [0.3, 0.4) is 0 Å². The molecule has 1 saturated heterocycles. The Morgan fingerprint density at radius 2 is 2.07 bits per heavy atom. The maximum Gasteiger partial charge on any atom is 0.408 e. The highest BCUT2D eigenvalue weighted by atomic mass is 16.6. The molecule has 1 aromatic carbocycles. The number of nitrogens with one attached hydrogen (secondary N) is 1. The van der Waals surface area contributed by atoms with Crippen LogP contribution in [-0.4, -0.2) is 12.2 Å². The first kappa shape index (κ1) is 8.81. The average molecular weight is 189 g/mol. The Bertz CT molecular complexity index is 348. The van der Waals surface area contributed by atoms with Gasteiger partial charge in [-0.3, -0.25) is 0 Å². The second kappa shape index (κ2) is 3.54. The van der Waals surface area contributed by atoms with Gasteiger partial charge in [0.1, 0.15) is 6.10 Å². The number of carbonyl (C=O) groups is 1. The first-order chi connectivity index (χ1) is 6.81. The summed E-state index contributed by atoms with van der Waals surface area (Å²) in [5.74, 6) is 0. The van der Waals surface area contributed by atoms with Crippen molar-refractivity contribution >= 4 is 6.09 Å². The fraction of sp³-hybridized carbons (Fsp3) is 0.182. The van der Waals surface area contributed by atoms with E-state index in [1.165, 1.54) is 0 Å². The van der Waals surface area contributed by atoms with Crippen molar-refractivity contribution in [2.75, 3.05) is 0 Å². The van der Waals surface area contributed by atoms with Gasteiger partial charge < -0.3 is 10.1 Å². The molecule has 3 nitrogen and oxygen atoms in total. The first-order valence-electron chi connectivity index (χ1n) is 4.46. The van der Waals surface area contributed by atoms with E-state index >= 15 is 0 Å². The van der Waals surface area contributed by atoms with Crippen molar-refractivity contribution in [3.8, 4) is 0 Å². The minimum atomic E-state index is -0.385. The van der Waals surface area contributed by atoms with E-state index in [0.29, 0.717) is 0 Å². The van der Waals surface area contributed by atoms with Crippen LogP contribution in [0.15, 0.2) is 43.0 Å². The van der Waals surface area contributed by atoms with Gasteiger partial charge in [-0.05, 0) is 11.6 Å². The van der Waals surface area contributed by atoms with Crippen LogP contribution in [0.5, 0.6) is 0 Å². The predicted molar refractivity (Wildman–Crippen MR) is 52.8 cm³/mol. The molecular formula is C11H11NO2. The minimum Gasteiger partial charge on any atom is -0.439 e. The van der Waals surface area contributed by atoms with Crippen LogP contribution < -0.4 is 5.32 Å². The van der Waals surface area contributed by atoms with Crippen LogP contribution in [0.4, 0.5) is 4.79 Å². The summed E-state index contributed by atoms with van der Waals surface area (Å²) in [4.78, 5) is 11.0. The number of rotatable bonds is 2. The Morgan fingerprint density at radius 1 is 1.36 bits per heavy atom. The SMILES string of the molecule is C=C[C@@H]1OC(=O)N[C@H]1c1ccccc1. The van der Waals surface area contributed by atoms with Gasteiger partial charge in [-0.1, -0.05) is 36.9 Å². The van der Waals surface area contributed by atoms with Gasteiger partial charge in [0.25, 0.3) is 0 Å². The summed E-state index contributed by atoms with van der Waals surface area (Å²) in [5, 5.41) is 2.74. The third kappa shape index (κ3) is 1.48. The van der Waals surface area contributed by atoms with E-state index in [1.807, 2.05) is 30.3 Å². The summed E-state index contributed by atoms with van der Waals surface area (Å²) in [6.45, 7) is 3.64. The monoisotopic (exact) mass is 189 g/mol. The highest BCUT2D eigenvalue weighted by Gasteiger charge is 2.32. The van der Waals surface area contributed by atoms with Crippen molar-refractivity contribution < 1.29 is 9.53 Å². The third-order valence-corrected chi connectivity index (χ3v) is 2.24. The Kier molecular flexibility index (Phi) is 2.23. The Morgan fingerprint density at radius 3 is 2.71 bits per heavy atom. The van der Waals surface area contributed by atoms with Crippen molar-refractivity contribution in [1.29, 1.82) is 0 Å². The third-order valence-electron chi connectivity index (χ3n) is 2.24. The highest BCUT2D eigenvalue weighted by molar-refractivity contribution is 5.71.